The molecular weight excluding hydrogens is 841 g/mol. The third kappa shape index (κ3) is 6.76. The molecule has 0 aliphatic heterocycles. The van der Waals surface area contributed by atoms with Gasteiger partial charge >= 0.3 is 0 Å². The minimum atomic E-state index is 1.19. The summed E-state index contributed by atoms with van der Waals surface area (Å²) in [5.74, 6) is 0. The lowest BCUT2D eigenvalue weighted by molar-refractivity contribution is 1.61. The van der Waals surface area contributed by atoms with Gasteiger partial charge in [0.2, 0.25) is 0 Å². The Kier molecular flexibility index (Phi) is 9.32. The van der Waals surface area contributed by atoms with E-state index < -0.39 is 0 Å². The van der Waals surface area contributed by atoms with Crippen molar-refractivity contribution in [2.24, 2.45) is 0 Å². The quantitative estimate of drug-likeness (QED) is 0.115. The summed E-state index contributed by atoms with van der Waals surface area (Å²) in [6, 6.07) is 99.2. The zero-order valence-corrected chi connectivity index (χ0v) is 38.4. The van der Waals surface area contributed by atoms with E-state index in [0.29, 0.717) is 0 Å². The smallest absolute Gasteiger partial charge is 0.00264 e. The minimum Gasteiger partial charge on any atom is -0.0616 e. The Labute approximate surface area is 407 Å². The van der Waals surface area contributed by atoms with Crippen molar-refractivity contribution in [2.45, 2.75) is 0 Å². The van der Waals surface area contributed by atoms with Crippen LogP contribution in [0.5, 0.6) is 0 Å². The van der Waals surface area contributed by atoms with Gasteiger partial charge in [0, 0.05) is 0 Å². The molecule has 0 aliphatic carbocycles. The van der Waals surface area contributed by atoms with Crippen molar-refractivity contribution in [3.63, 3.8) is 0 Å². The molecule has 0 aliphatic rings. The first kappa shape index (κ1) is 40.0. The van der Waals surface area contributed by atoms with E-state index in [1.807, 2.05) is 0 Å². The van der Waals surface area contributed by atoms with Crippen LogP contribution in [0.3, 0.4) is 0 Å². The zero-order chi connectivity index (χ0) is 46.1. The van der Waals surface area contributed by atoms with E-state index in [-0.39, 0.29) is 0 Å². The molecule has 0 fully saturated rings. The van der Waals surface area contributed by atoms with Crippen molar-refractivity contribution in [3.8, 4) is 66.8 Å². The fraction of sp³-hybridized carbons (Fsp3) is 0. The van der Waals surface area contributed by atoms with Crippen molar-refractivity contribution in [1.29, 1.82) is 0 Å². The van der Waals surface area contributed by atoms with Crippen LogP contribution in [-0.2, 0) is 0 Å². The second-order valence-electron chi connectivity index (χ2n) is 18.8. The number of hydrogen-bond acceptors (Lipinski definition) is 0. The maximum Gasteiger partial charge on any atom is -0.00264 e. The Morgan fingerprint density at radius 3 is 1.11 bits per heavy atom. The number of fused-ring (bicyclic) bond motifs is 9. The summed E-state index contributed by atoms with van der Waals surface area (Å²) in [7, 11) is 0. The van der Waals surface area contributed by atoms with E-state index in [1.165, 1.54) is 142 Å². The molecule has 0 radical (unpaired) electrons. The molecule has 14 rings (SSSR count). The number of hydrogen-bond donors (Lipinski definition) is 0. The van der Waals surface area contributed by atoms with Gasteiger partial charge in [-0.25, -0.2) is 0 Å². The molecule has 0 aromatic heterocycles. The molecule has 0 bridgehead atoms. The second kappa shape index (κ2) is 16.3. The maximum absolute atomic E-state index is 2.43. The van der Waals surface area contributed by atoms with Crippen molar-refractivity contribution in [3.05, 3.63) is 267 Å². The highest BCUT2D eigenvalue weighted by molar-refractivity contribution is 6.17. The topological polar surface area (TPSA) is 0 Å². The van der Waals surface area contributed by atoms with Crippen LogP contribution in [0.4, 0.5) is 0 Å². The lowest BCUT2D eigenvalue weighted by Crippen LogP contribution is -1.90. The predicted octanol–water partition coefficient (Wildman–Crippen LogP) is 19.8. The van der Waals surface area contributed by atoms with Crippen LogP contribution in [0.15, 0.2) is 267 Å². The normalized spacial score (nSPS) is 11.7. The van der Waals surface area contributed by atoms with Crippen molar-refractivity contribution < 1.29 is 0 Å². The third-order valence-corrected chi connectivity index (χ3v) is 14.7. The number of benzene rings is 14. The molecule has 0 saturated heterocycles. The highest BCUT2D eigenvalue weighted by Gasteiger charge is 2.16. The molecule has 0 heteroatoms. The molecule has 0 N–H and O–H groups in total. The average Bonchev–Trinajstić information content (AvgIpc) is 3.43. The largest absolute Gasteiger partial charge is 0.0616 e. The number of rotatable bonds is 6. The molecule has 14 aromatic carbocycles. The first-order valence-corrected chi connectivity index (χ1v) is 24.3. The predicted molar refractivity (Wildman–Crippen MR) is 302 cm³/mol. The monoisotopic (exact) mass is 884 g/mol. The standard InChI is InChI=1S/C70H44/c1-2-15-46-36-50(31-30-45(46)14-1)49-20-13-23-58(39-49)70-62-35-34-51(47-18-11-21-53(37-47)67-43-55-16-3-5-24-60(55)63-26-7-9-28-65(63)67)40-59(62)41-57-33-32-52(42-69(57)70)48-19-12-22-54(38-48)68-44-56-17-4-6-25-61(56)64-27-8-10-29-66(64)68/h1-44H. The lowest BCUT2D eigenvalue weighted by Gasteiger charge is -2.17. The Morgan fingerprint density at radius 1 is 0.143 bits per heavy atom. The first-order valence-electron chi connectivity index (χ1n) is 24.3. The fourth-order valence-electron chi connectivity index (χ4n) is 11.3. The van der Waals surface area contributed by atoms with Gasteiger partial charge in [0.1, 0.15) is 0 Å². The van der Waals surface area contributed by atoms with Crippen LogP contribution >= 0.6 is 0 Å². The van der Waals surface area contributed by atoms with Gasteiger partial charge in [0.05, 0.1) is 0 Å². The molecule has 0 saturated carbocycles. The van der Waals surface area contributed by atoms with Crippen LogP contribution in [0, 0.1) is 0 Å². The van der Waals surface area contributed by atoms with Gasteiger partial charge in [0.15, 0.2) is 0 Å². The van der Waals surface area contributed by atoms with Gasteiger partial charge in [0.25, 0.3) is 0 Å². The van der Waals surface area contributed by atoms with E-state index in [9.17, 15) is 0 Å². The molecule has 0 nitrogen and oxygen atoms in total. The van der Waals surface area contributed by atoms with Crippen LogP contribution in [0.1, 0.15) is 0 Å². The SMILES string of the molecule is c1cc(-c2ccc3ccccc3c2)cc(-c2c3ccc(-c4cccc(-c5cc6ccccc6c6ccccc56)c4)cc3cc3ccc(-c4cccc(-c5cc6ccccc6c6ccccc56)c4)cc23)c1. The summed E-state index contributed by atoms with van der Waals surface area (Å²) < 4.78 is 0. The zero-order valence-electron chi connectivity index (χ0n) is 38.4. The van der Waals surface area contributed by atoms with Gasteiger partial charge in [-0.3, -0.25) is 0 Å². The van der Waals surface area contributed by atoms with Gasteiger partial charge in [-0.15, -0.1) is 0 Å². The lowest BCUT2D eigenvalue weighted by atomic mass is 9.87. The first-order chi connectivity index (χ1) is 34.7. The Hall–Kier alpha value is -9.10. The average molecular weight is 885 g/mol. The van der Waals surface area contributed by atoms with E-state index in [1.54, 1.807) is 0 Å². The molecular formula is C70H44. The summed E-state index contributed by atoms with van der Waals surface area (Å²) in [5.41, 5.74) is 14.6. The summed E-state index contributed by atoms with van der Waals surface area (Å²) in [5, 5.41) is 17.6. The minimum absolute atomic E-state index is 1.19. The summed E-state index contributed by atoms with van der Waals surface area (Å²) in [6.07, 6.45) is 0. The molecule has 0 spiro atoms. The summed E-state index contributed by atoms with van der Waals surface area (Å²) in [6.45, 7) is 0. The van der Waals surface area contributed by atoms with E-state index in [2.05, 4.69) is 267 Å². The molecule has 0 heterocycles. The van der Waals surface area contributed by atoms with E-state index >= 15 is 0 Å². The summed E-state index contributed by atoms with van der Waals surface area (Å²) in [4.78, 5) is 0. The Bertz CT molecular complexity index is 4420. The molecule has 0 atom stereocenters. The van der Waals surface area contributed by atoms with Gasteiger partial charge in [-0.2, -0.15) is 0 Å². The van der Waals surface area contributed by atoms with E-state index in [4.69, 9.17) is 0 Å². The Morgan fingerprint density at radius 2 is 0.529 bits per heavy atom. The van der Waals surface area contributed by atoms with Crippen molar-refractivity contribution >= 4 is 75.4 Å². The summed E-state index contributed by atoms with van der Waals surface area (Å²) >= 11 is 0. The van der Waals surface area contributed by atoms with Crippen molar-refractivity contribution in [2.75, 3.05) is 0 Å². The highest BCUT2D eigenvalue weighted by atomic mass is 14.2. The van der Waals surface area contributed by atoms with E-state index in [0.717, 1.165) is 0 Å². The molecule has 0 amide bonds. The highest BCUT2D eigenvalue weighted by Crippen LogP contribution is 2.43. The fourth-order valence-corrected chi connectivity index (χ4v) is 11.3. The third-order valence-electron chi connectivity index (χ3n) is 14.7. The molecule has 0 unspecified atom stereocenters. The second-order valence-corrected chi connectivity index (χ2v) is 18.8. The molecule has 324 valence electrons. The van der Waals surface area contributed by atoms with Gasteiger partial charge < -0.3 is 0 Å². The Balaban J connectivity index is 0.932. The van der Waals surface area contributed by atoms with Crippen LogP contribution in [0.2, 0.25) is 0 Å². The molecule has 70 heavy (non-hydrogen) atoms. The van der Waals surface area contributed by atoms with Crippen LogP contribution in [0.25, 0.3) is 142 Å². The van der Waals surface area contributed by atoms with Gasteiger partial charge in [-0.1, -0.05) is 212 Å². The van der Waals surface area contributed by atoms with Crippen LogP contribution in [-0.4, -0.2) is 0 Å². The maximum atomic E-state index is 2.43. The van der Waals surface area contributed by atoms with Crippen molar-refractivity contribution in [1.82, 2.24) is 0 Å². The molecule has 14 aromatic rings. The van der Waals surface area contributed by atoms with Gasteiger partial charge in [-0.05, 0) is 197 Å². The van der Waals surface area contributed by atoms with Crippen LogP contribution < -0.4 is 0 Å².